The van der Waals surface area contributed by atoms with Gasteiger partial charge in [0.2, 0.25) is 0 Å². The molecule has 2 aliphatic heterocycles. The maximum Gasteiger partial charge on any atom is 0.165 e. The summed E-state index contributed by atoms with van der Waals surface area (Å²) < 4.78 is 15.8. The molecule has 1 N–H and O–H groups in total. The third-order valence-corrected chi connectivity index (χ3v) is 7.98. The van der Waals surface area contributed by atoms with Gasteiger partial charge in [0.05, 0.1) is 41.1 Å². The smallest absolute Gasteiger partial charge is 0.165 e. The van der Waals surface area contributed by atoms with Crippen LogP contribution >= 0.6 is 0 Å². The molecule has 0 spiro atoms. The standard InChI is InChI=1S/C25H29N7O2/c1-15-23(16(2)30-29-15)20-11-21(25-7-10-33-14-17(25)12-25)28-24-18(13-27-32(20)24)19-6-8-26-31(19)22-5-3-4-9-34-22/h6,8,11,13,17,22H,3-5,7,9-10,12,14H2,1-2H3,(H,29,30). The van der Waals surface area contributed by atoms with E-state index in [0.717, 1.165) is 97.2 Å². The van der Waals surface area contributed by atoms with Crippen LogP contribution in [0.1, 0.15) is 55.4 Å². The lowest BCUT2D eigenvalue weighted by atomic mass is 9.92. The minimum Gasteiger partial charge on any atom is -0.381 e. The summed E-state index contributed by atoms with van der Waals surface area (Å²) in [6, 6.07) is 4.28. The summed E-state index contributed by atoms with van der Waals surface area (Å²) in [6.45, 7) is 6.49. The van der Waals surface area contributed by atoms with Crippen molar-refractivity contribution in [2.75, 3.05) is 19.8 Å². The fraction of sp³-hybridized carbons (Fsp3) is 0.520. The minimum absolute atomic E-state index is 0.0448. The summed E-state index contributed by atoms with van der Waals surface area (Å²) in [6.07, 6.45) is 9.09. The number of nitrogens with zero attached hydrogens (tertiary/aromatic N) is 6. The lowest BCUT2D eigenvalue weighted by Crippen LogP contribution is -2.23. The van der Waals surface area contributed by atoms with Crippen LogP contribution in [0.5, 0.6) is 0 Å². The van der Waals surface area contributed by atoms with Gasteiger partial charge < -0.3 is 9.47 Å². The SMILES string of the molecule is Cc1n[nH]c(C)c1-c1cc(C23CCOCC2C3)nc2c(-c3ccnn3C3CCCCO3)cnn12. The molecule has 4 aromatic rings. The van der Waals surface area contributed by atoms with Gasteiger partial charge in [0.1, 0.15) is 0 Å². The lowest BCUT2D eigenvalue weighted by Gasteiger charge is -2.24. The zero-order chi connectivity index (χ0) is 22.9. The van der Waals surface area contributed by atoms with E-state index in [0.29, 0.717) is 5.92 Å². The Bertz CT molecular complexity index is 1360. The average Bonchev–Trinajstić information content (AvgIpc) is 3.13. The number of aryl methyl sites for hydroxylation is 2. The molecule has 2 saturated heterocycles. The van der Waals surface area contributed by atoms with Crippen LogP contribution in [0.3, 0.4) is 0 Å². The molecular weight excluding hydrogens is 430 g/mol. The second-order valence-corrected chi connectivity index (χ2v) is 9.99. The molecule has 1 aliphatic carbocycles. The molecule has 0 bridgehead atoms. The zero-order valence-electron chi connectivity index (χ0n) is 19.6. The first kappa shape index (κ1) is 20.3. The molecule has 9 heteroatoms. The lowest BCUT2D eigenvalue weighted by molar-refractivity contribution is -0.0383. The monoisotopic (exact) mass is 459 g/mol. The van der Waals surface area contributed by atoms with Gasteiger partial charge in [-0.1, -0.05) is 0 Å². The Morgan fingerprint density at radius 3 is 2.88 bits per heavy atom. The number of ether oxygens (including phenoxy) is 2. The van der Waals surface area contributed by atoms with E-state index in [9.17, 15) is 0 Å². The van der Waals surface area contributed by atoms with Crippen molar-refractivity contribution < 1.29 is 9.47 Å². The van der Waals surface area contributed by atoms with Gasteiger partial charge in [0.15, 0.2) is 11.9 Å². The Kier molecular flexibility index (Phi) is 4.48. The van der Waals surface area contributed by atoms with E-state index in [2.05, 4.69) is 28.3 Å². The van der Waals surface area contributed by atoms with Crippen molar-refractivity contribution in [1.82, 2.24) is 34.6 Å². The van der Waals surface area contributed by atoms with Gasteiger partial charge in [-0.05, 0) is 64.0 Å². The van der Waals surface area contributed by atoms with E-state index in [4.69, 9.17) is 19.6 Å². The molecule has 0 aromatic carbocycles. The summed E-state index contributed by atoms with van der Waals surface area (Å²) in [5.74, 6) is 0.545. The van der Waals surface area contributed by atoms with Crippen molar-refractivity contribution >= 4 is 5.65 Å². The van der Waals surface area contributed by atoms with Crippen LogP contribution in [0.25, 0.3) is 28.2 Å². The number of fused-ring (bicyclic) bond motifs is 2. The first-order chi connectivity index (χ1) is 16.7. The normalized spacial score (nSPS) is 26.6. The zero-order valence-corrected chi connectivity index (χ0v) is 19.6. The van der Waals surface area contributed by atoms with E-state index >= 15 is 0 Å². The van der Waals surface area contributed by atoms with Crippen molar-refractivity contribution in [3.8, 4) is 22.5 Å². The number of H-pyrrole nitrogens is 1. The highest BCUT2D eigenvalue weighted by Crippen LogP contribution is 2.58. The first-order valence-electron chi connectivity index (χ1n) is 12.3. The number of aromatic nitrogens is 7. The molecule has 6 heterocycles. The predicted octanol–water partition coefficient (Wildman–Crippen LogP) is 3.98. The average molecular weight is 460 g/mol. The maximum absolute atomic E-state index is 6.06. The van der Waals surface area contributed by atoms with Gasteiger partial charge in [-0.2, -0.15) is 15.3 Å². The predicted molar refractivity (Wildman–Crippen MR) is 125 cm³/mol. The van der Waals surface area contributed by atoms with Crippen LogP contribution in [-0.2, 0) is 14.9 Å². The van der Waals surface area contributed by atoms with E-state index in [-0.39, 0.29) is 11.6 Å². The molecule has 0 radical (unpaired) electrons. The Labute approximate surface area is 197 Å². The van der Waals surface area contributed by atoms with Gasteiger partial charge >= 0.3 is 0 Å². The molecule has 7 rings (SSSR count). The highest BCUT2D eigenvalue weighted by atomic mass is 16.5. The first-order valence-corrected chi connectivity index (χ1v) is 12.3. The van der Waals surface area contributed by atoms with Crippen LogP contribution < -0.4 is 0 Å². The number of rotatable bonds is 4. The molecule has 3 unspecified atom stereocenters. The quantitative estimate of drug-likeness (QED) is 0.496. The van der Waals surface area contributed by atoms with E-state index in [1.54, 1.807) is 0 Å². The Morgan fingerprint density at radius 1 is 1.15 bits per heavy atom. The fourth-order valence-electron chi connectivity index (χ4n) is 6.01. The largest absolute Gasteiger partial charge is 0.381 e. The third-order valence-electron chi connectivity index (χ3n) is 7.98. The molecule has 34 heavy (non-hydrogen) atoms. The molecular formula is C25H29N7O2. The molecule has 4 aromatic heterocycles. The van der Waals surface area contributed by atoms with Gasteiger partial charge in [-0.15, -0.1) is 0 Å². The molecule has 3 fully saturated rings. The summed E-state index contributed by atoms with van der Waals surface area (Å²) in [7, 11) is 0. The number of hydrogen-bond acceptors (Lipinski definition) is 6. The van der Waals surface area contributed by atoms with Crippen LogP contribution in [0.4, 0.5) is 0 Å². The highest BCUT2D eigenvalue weighted by molar-refractivity contribution is 5.78. The Balaban J connectivity index is 1.44. The van der Waals surface area contributed by atoms with Crippen LogP contribution in [0, 0.1) is 19.8 Å². The summed E-state index contributed by atoms with van der Waals surface area (Å²) in [5.41, 5.74) is 8.20. The van der Waals surface area contributed by atoms with Gasteiger partial charge in [-0.3, -0.25) is 5.10 Å². The molecule has 176 valence electrons. The van der Waals surface area contributed by atoms with Gasteiger partial charge in [0.25, 0.3) is 0 Å². The van der Waals surface area contributed by atoms with Crippen molar-refractivity contribution in [3.63, 3.8) is 0 Å². The molecule has 1 saturated carbocycles. The van der Waals surface area contributed by atoms with Crippen LogP contribution in [0.15, 0.2) is 24.5 Å². The minimum atomic E-state index is -0.0448. The van der Waals surface area contributed by atoms with Gasteiger partial charge in [0, 0.05) is 36.1 Å². The Hall–Kier alpha value is -3.04. The van der Waals surface area contributed by atoms with Crippen molar-refractivity contribution in [3.05, 3.63) is 41.6 Å². The van der Waals surface area contributed by atoms with Crippen molar-refractivity contribution in [2.24, 2.45) is 5.92 Å². The number of nitrogens with one attached hydrogen (secondary N) is 1. The van der Waals surface area contributed by atoms with Crippen LogP contribution in [-0.4, -0.2) is 54.4 Å². The molecule has 0 amide bonds. The second-order valence-electron chi connectivity index (χ2n) is 9.99. The van der Waals surface area contributed by atoms with Crippen molar-refractivity contribution in [1.29, 1.82) is 0 Å². The maximum atomic E-state index is 6.06. The van der Waals surface area contributed by atoms with Crippen LogP contribution in [0.2, 0.25) is 0 Å². The summed E-state index contributed by atoms with van der Waals surface area (Å²) in [4.78, 5) is 5.28. The third kappa shape index (κ3) is 2.93. The molecule has 3 aliphatic rings. The molecule has 9 nitrogen and oxygen atoms in total. The van der Waals surface area contributed by atoms with E-state index < -0.39 is 0 Å². The number of aromatic amines is 1. The Morgan fingerprint density at radius 2 is 2.09 bits per heavy atom. The van der Waals surface area contributed by atoms with E-state index in [1.165, 1.54) is 0 Å². The number of hydrogen-bond donors (Lipinski definition) is 1. The van der Waals surface area contributed by atoms with Gasteiger partial charge in [-0.25, -0.2) is 14.2 Å². The topological polar surface area (TPSA) is 95.2 Å². The van der Waals surface area contributed by atoms with Crippen molar-refractivity contribution in [2.45, 2.75) is 57.6 Å². The fourth-order valence-corrected chi connectivity index (χ4v) is 6.01. The summed E-state index contributed by atoms with van der Waals surface area (Å²) in [5, 5.41) is 17.1. The van der Waals surface area contributed by atoms with E-state index in [1.807, 2.05) is 34.6 Å². The highest BCUT2D eigenvalue weighted by Gasteiger charge is 2.58. The second kappa shape index (κ2) is 7.48. The summed E-state index contributed by atoms with van der Waals surface area (Å²) >= 11 is 0. The molecule has 3 atom stereocenters.